The maximum atomic E-state index is 13.1. The van der Waals surface area contributed by atoms with Crippen LogP contribution in [0.5, 0.6) is 11.5 Å². The second-order valence-corrected chi connectivity index (χ2v) is 12.4. The molecule has 0 unspecified atom stereocenters. The number of hydrogen-bond donors (Lipinski definition) is 1. The molecule has 42 heavy (non-hydrogen) atoms. The van der Waals surface area contributed by atoms with Gasteiger partial charge in [-0.2, -0.15) is 0 Å². The molecule has 1 fully saturated rings. The molecule has 6 atom stereocenters. The van der Waals surface area contributed by atoms with E-state index in [9.17, 15) is 24.3 Å². The number of ether oxygens (including phenoxy) is 6. The number of piperidine rings is 1. The van der Waals surface area contributed by atoms with Crippen molar-refractivity contribution in [2.75, 3.05) is 13.6 Å². The topological polar surface area (TPSA) is 147 Å². The predicted molar refractivity (Wildman–Crippen MR) is 145 cm³/mol. The summed E-state index contributed by atoms with van der Waals surface area (Å²) in [7, 11) is 1.97. The largest absolute Gasteiger partial charge is 0.514 e. The van der Waals surface area contributed by atoms with Crippen molar-refractivity contribution in [2.45, 2.75) is 102 Å². The lowest BCUT2D eigenvalue weighted by atomic mass is 9.50. The summed E-state index contributed by atoms with van der Waals surface area (Å²) in [5.74, 6) is -1.83. The Morgan fingerprint density at radius 3 is 2.43 bits per heavy atom. The van der Waals surface area contributed by atoms with Crippen molar-refractivity contribution in [1.82, 2.24) is 4.90 Å². The lowest BCUT2D eigenvalue weighted by Gasteiger charge is -2.61. The van der Waals surface area contributed by atoms with Crippen molar-refractivity contribution in [2.24, 2.45) is 0 Å². The van der Waals surface area contributed by atoms with E-state index in [2.05, 4.69) is 4.90 Å². The van der Waals surface area contributed by atoms with Gasteiger partial charge in [-0.3, -0.25) is 4.79 Å². The van der Waals surface area contributed by atoms with Crippen LogP contribution in [0.1, 0.15) is 65.5 Å². The van der Waals surface area contributed by atoms with Crippen molar-refractivity contribution in [3.8, 4) is 11.5 Å². The van der Waals surface area contributed by atoms with Gasteiger partial charge < -0.3 is 38.4 Å². The first-order valence-electron chi connectivity index (χ1n) is 14.0. The van der Waals surface area contributed by atoms with Crippen molar-refractivity contribution in [3.05, 3.63) is 35.1 Å². The SMILES string of the molecule is CC(=O)O[C@@H](C)C(=O)O[C@@H](C)C(=O)OC1=CC[C@@]2(O)[C@@H]3Cc4ccc(OC(=O)OC(C)(C)C)c5c4[C@@]2(CCN3C)[C@H]1O5. The molecule has 0 radical (unpaired) electrons. The maximum absolute atomic E-state index is 13.1. The first-order chi connectivity index (χ1) is 19.6. The number of esters is 3. The van der Waals surface area contributed by atoms with E-state index in [1.54, 1.807) is 32.9 Å². The van der Waals surface area contributed by atoms with Crippen LogP contribution in [-0.2, 0) is 45.2 Å². The van der Waals surface area contributed by atoms with Gasteiger partial charge in [0.2, 0.25) is 0 Å². The predicted octanol–water partition coefficient (Wildman–Crippen LogP) is 2.70. The van der Waals surface area contributed by atoms with Crippen molar-refractivity contribution < 1.29 is 52.7 Å². The number of likely N-dealkylation sites (tertiary alicyclic amines) is 1. The van der Waals surface area contributed by atoms with E-state index in [0.717, 1.165) is 18.1 Å². The quantitative estimate of drug-likeness (QED) is 0.296. The molecule has 1 aromatic carbocycles. The number of likely N-dealkylation sites (N-methyl/N-ethyl adjacent to an activating group) is 1. The highest BCUT2D eigenvalue weighted by molar-refractivity contribution is 5.83. The molecule has 2 heterocycles. The molecule has 4 aliphatic rings. The zero-order valence-electron chi connectivity index (χ0n) is 24.8. The Kier molecular flexibility index (Phi) is 7.29. The Morgan fingerprint density at radius 1 is 1.07 bits per heavy atom. The van der Waals surface area contributed by atoms with Crippen molar-refractivity contribution >= 4 is 24.1 Å². The normalized spacial score (nSPS) is 28.7. The first-order valence-corrected chi connectivity index (χ1v) is 14.0. The summed E-state index contributed by atoms with van der Waals surface area (Å²) in [6, 6.07) is 3.28. The van der Waals surface area contributed by atoms with Crippen molar-refractivity contribution in [1.29, 1.82) is 0 Å². The van der Waals surface area contributed by atoms with E-state index in [1.807, 2.05) is 13.1 Å². The molecule has 1 spiro atoms. The van der Waals surface area contributed by atoms with Gasteiger partial charge in [0.25, 0.3) is 0 Å². The third-order valence-corrected chi connectivity index (χ3v) is 8.44. The van der Waals surface area contributed by atoms with E-state index < -0.39 is 59.0 Å². The van der Waals surface area contributed by atoms with E-state index in [4.69, 9.17) is 28.4 Å². The monoisotopic (exact) mass is 587 g/mol. The third kappa shape index (κ3) is 4.80. The molecule has 2 bridgehead atoms. The smallest absolute Gasteiger partial charge is 0.477 e. The van der Waals surface area contributed by atoms with Gasteiger partial charge in [0, 0.05) is 24.9 Å². The average molecular weight is 588 g/mol. The van der Waals surface area contributed by atoms with E-state index in [-0.39, 0.29) is 24.0 Å². The zero-order valence-corrected chi connectivity index (χ0v) is 24.8. The van der Waals surface area contributed by atoms with E-state index in [0.29, 0.717) is 25.1 Å². The number of nitrogens with zero attached hydrogens (tertiary/aromatic N) is 1. The van der Waals surface area contributed by atoms with Crippen LogP contribution in [0.25, 0.3) is 0 Å². The Morgan fingerprint density at radius 2 is 1.76 bits per heavy atom. The molecule has 0 amide bonds. The summed E-state index contributed by atoms with van der Waals surface area (Å²) in [6.45, 7) is 9.66. The molecule has 0 saturated carbocycles. The fraction of sp³-hybridized carbons (Fsp3) is 0.600. The molecular formula is C30H37NO11. The third-order valence-electron chi connectivity index (χ3n) is 8.44. The summed E-state index contributed by atoms with van der Waals surface area (Å²) in [6.07, 6.45) is -1.50. The van der Waals surface area contributed by atoms with Crippen LogP contribution in [0, 0.1) is 0 Å². The highest BCUT2D eigenvalue weighted by Gasteiger charge is 2.72. The first kappa shape index (κ1) is 29.8. The minimum Gasteiger partial charge on any atom is -0.477 e. The molecule has 12 heteroatoms. The van der Waals surface area contributed by atoms with Gasteiger partial charge in [-0.15, -0.1) is 0 Å². The highest BCUT2D eigenvalue weighted by Crippen LogP contribution is 2.65. The Labute approximate surface area is 243 Å². The lowest BCUT2D eigenvalue weighted by molar-refractivity contribution is -0.179. The molecule has 228 valence electrons. The number of carbonyl (C=O) groups excluding carboxylic acids is 4. The number of aliphatic hydroxyl groups is 1. The summed E-state index contributed by atoms with van der Waals surface area (Å²) < 4.78 is 33.2. The van der Waals surface area contributed by atoms with Gasteiger partial charge >= 0.3 is 24.1 Å². The van der Waals surface area contributed by atoms with Gasteiger partial charge in [-0.1, -0.05) is 6.07 Å². The van der Waals surface area contributed by atoms with Gasteiger partial charge in [0.1, 0.15) is 11.4 Å². The summed E-state index contributed by atoms with van der Waals surface area (Å²) in [5.41, 5.74) is -1.35. The fourth-order valence-corrected chi connectivity index (χ4v) is 6.68. The standard InChI is InChI=1S/C30H37NO11/c1-15(37-17(3)32)25(33)38-16(2)26(34)39-20-10-11-30(36)21-14-18-8-9-19(40-27(35)42-28(4,5)6)23-22(18)29(30,24(20)41-23)12-13-31(21)7/h8-10,15-16,21,24,36H,11-14H2,1-7H3/t15-,16-,21-,24-,29-,30+/m0/s1. The minimum absolute atomic E-state index is 0.138. The molecule has 1 aromatic rings. The van der Waals surface area contributed by atoms with E-state index in [1.165, 1.54) is 13.8 Å². The summed E-state index contributed by atoms with van der Waals surface area (Å²) in [4.78, 5) is 51.3. The van der Waals surface area contributed by atoms with Crippen LogP contribution in [0.3, 0.4) is 0 Å². The molecule has 0 aromatic heterocycles. The average Bonchev–Trinajstić information content (AvgIpc) is 3.23. The number of rotatable bonds is 6. The zero-order chi connectivity index (χ0) is 30.8. The molecule has 1 N–H and O–H groups in total. The molecule has 2 aliphatic heterocycles. The molecule has 12 nitrogen and oxygen atoms in total. The van der Waals surface area contributed by atoms with Crippen molar-refractivity contribution in [3.63, 3.8) is 0 Å². The fourth-order valence-electron chi connectivity index (χ4n) is 6.68. The van der Waals surface area contributed by atoms with Crippen LogP contribution in [0.4, 0.5) is 4.79 Å². The van der Waals surface area contributed by atoms with Crippen LogP contribution >= 0.6 is 0 Å². The lowest BCUT2D eigenvalue weighted by Crippen LogP contribution is -2.74. The molecule has 2 aliphatic carbocycles. The van der Waals surface area contributed by atoms with Crippen LogP contribution in [0.15, 0.2) is 24.0 Å². The Balaban J connectivity index is 1.46. The minimum atomic E-state index is -1.32. The number of hydrogen-bond acceptors (Lipinski definition) is 12. The highest BCUT2D eigenvalue weighted by atomic mass is 16.7. The number of benzene rings is 1. The number of carbonyl (C=O) groups is 4. The van der Waals surface area contributed by atoms with Crippen LogP contribution < -0.4 is 9.47 Å². The molecular weight excluding hydrogens is 550 g/mol. The van der Waals surface area contributed by atoms with Gasteiger partial charge in [-0.25, -0.2) is 14.4 Å². The van der Waals surface area contributed by atoms with Gasteiger partial charge in [0.05, 0.1) is 11.0 Å². The summed E-state index contributed by atoms with van der Waals surface area (Å²) in [5, 5.41) is 12.4. The Bertz CT molecular complexity index is 1360. The van der Waals surface area contributed by atoms with Crippen LogP contribution in [0.2, 0.25) is 0 Å². The van der Waals surface area contributed by atoms with Gasteiger partial charge in [0.15, 0.2) is 29.8 Å². The second-order valence-electron chi connectivity index (χ2n) is 12.4. The second kappa shape index (κ2) is 10.3. The van der Waals surface area contributed by atoms with Crippen LogP contribution in [-0.4, -0.2) is 83.2 Å². The summed E-state index contributed by atoms with van der Waals surface area (Å²) >= 11 is 0. The maximum Gasteiger partial charge on any atom is 0.514 e. The molecule has 5 rings (SSSR count). The molecule has 1 saturated heterocycles. The van der Waals surface area contributed by atoms with E-state index >= 15 is 0 Å². The van der Waals surface area contributed by atoms with Gasteiger partial charge in [-0.05, 0) is 78.8 Å². The Hall–Kier alpha value is -3.64.